The lowest BCUT2D eigenvalue weighted by Gasteiger charge is -2.28. The van der Waals surface area contributed by atoms with Gasteiger partial charge in [-0.25, -0.2) is 0 Å². The number of fused-ring (bicyclic) bond motifs is 3. The predicted octanol–water partition coefficient (Wildman–Crippen LogP) is 3.71. The SMILES string of the molecule is Cl.c1ccc2c(c1)Cc1cc([C@H]3CCN3)ccc1-2. The average Bonchev–Trinajstić information content (AvgIpc) is 2.64. The Labute approximate surface area is 114 Å². The summed E-state index contributed by atoms with van der Waals surface area (Å²) in [5.41, 5.74) is 7.29. The van der Waals surface area contributed by atoms with Gasteiger partial charge in [-0.3, -0.25) is 0 Å². The second-order valence-electron chi connectivity index (χ2n) is 5.05. The molecule has 0 amide bonds. The van der Waals surface area contributed by atoms with E-state index >= 15 is 0 Å². The smallest absolute Gasteiger partial charge is 0.0332 e. The van der Waals surface area contributed by atoms with Gasteiger partial charge in [0.2, 0.25) is 0 Å². The zero-order valence-corrected chi connectivity index (χ0v) is 11.0. The molecule has 1 N–H and O–H groups in total. The minimum absolute atomic E-state index is 0. The maximum Gasteiger partial charge on any atom is 0.0332 e. The molecule has 92 valence electrons. The minimum atomic E-state index is 0. The van der Waals surface area contributed by atoms with E-state index in [1.165, 1.54) is 40.8 Å². The molecule has 1 aliphatic heterocycles. The molecule has 1 aliphatic carbocycles. The lowest BCUT2D eigenvalue weighted by atomic mass is 9.94. The van der Waals surface area contributed by atoms with E-state index in [1.807, 2.05) is 0 Å². The number of rotatable bonds is 1. The first-order valence-electron chi connectivity index (χ1n) is 6.36. The predicted molar refractivity (Wildman–Crippen MR) is 77.3 cm³/mol. The summed E-state index contributed by atoms with van der Waals surface area (Å²) in [6, 6.07) is 16.3. The fourth-order valence-electron chi connectivity index (χ4n) is 2.95. The second kappa shape index (κ2) is 4.42. The summed E-state index contributed by atoms with van der Waals surface area (Å²) in [5.74, 6) is 0. The largest absolute Gasteiger partial charge is 0.310 e. The third-order valence-corrected chi connectivity index (χ3v) is 4.04. The van der Waals surface area contributed by atoms with Gasteiger partial charge < -0.3 is 5.32 Å². The van der Waals surface area contributed by atoms with Crippen molar-refractivity contribution in [3.05, 3.63) is 59.2 Å². The van der Waals surface area contributed by atoms with E-state index in [0.29, 0.717) is 6.04 Å². The summed E-state index contributed by atoms with van der Waals surface area (Å²) in [5, 5.41) is 3.47. The van der Waals surface area contributed by atoms with Gasteiger partial charge >= 0.3 is 0 Å². The van der Waals surface area contributed by atoms with Crippen LogP contribution in [-0.2, 0) is 6.42 Å². The molecule has 2 aliphatic rings. The number of hydrogen-bond donors (Lipinski definition) is 1. The van der Waals surface area contributed by atoms with E-state index < -0.39 is 0 Å². The van der Waals surface area contributed by atoms with E-state index in [4.69, 9.17) is 0 Å². The van der Waals surface area contributed by atoms with Crippen molar-refractivity contribution < 1.29 is 0 Å². The first kappa shape index (κ1) is 11.8. The molecule has 2 aromatic carbocycles. The lowest BCUT2D eigenvalue weighted by molar-refractivity contribution is 0.383. The topological polar surface area (TPSA) is 12.0 Å². The lowest BCUT2D eigenvalue weighted by Crippen LogP contribution is -2.34. The molecule has 0 unspecified atom stereocenters. The molecule has 0 bridgehead atoms. The monoisotopic (exact) mass is 257 g/mol. The van der Waals surface area contributed by atoms with Crippen molar-refractivity contribution in [1.82, 2.24) is 5.32 Å². The highest BCUT2D eigenvalue weighted by Crippen LogP contribution is 2.38. The van der Waals surface area contributed by atoms with E-state index in [1.54, 1.807) is 0 Å². The summed E-state index contributed by atoms with van der Waals surface area (Å²) >= 11 is 0. The van der Waals surface area contributed by atoms with Gasteiger partial charge in [0.25, 0.3) is 0 Å². The summed E-state index contributed by atoms with van der Waals surface area (Å²) < 4.78 is 0. The maximum absolute atomic E-state index is 3.47. The standard InChI is InChI=1S/C16H15N.ClH/c1-2-4-14-11(3-1)9-13-10-12(5-6-15(13)14)16-7-8-17-16;/h1-6,10,16-17H,7-9H2;1H/t16-;/m1./s1. The van der Waals surface area contributed by atoms with Crippen molar-refractivity contribution in [3.63, 3.8) is 0 Å². The number of halogens is 1. The van der Waals surface area contributed by atoms with Crippen molar-refractivity contribution in [2.24, 2.45) is 0 Å². The van der Waals surface area contributed by atoms with Crippen LogP contribution >= 0.6 is 12.4 Å². The van der Waals surface area contributed by atoms with Crippen LogP contribution in [0.5, 0.6) is 0 Å². The first-order valence-corrected chi connectivity index (χ1v) is 6.36. The summed E-state index contributed by atoms with van der Waals surface area (Å²) in [4.78, 5) is 0. The average molecular weight is 258 g/mol. The van der Waals surface area contributed by atoms with Crippen molar-refractivity contribution in [3.8, 4) is 11.1 Å². The molecule has 0 aromatic heterocycles. The summed E-state index contributed by atoms with van der Waals surface area (Å²) in [7, 11) is 0. The highest BCUT2D eigenvalue weighted by atomic mass is 35.5. The van der Waals surface area contributed by atoms with Crippen LogP contribution < -0.4 is 5.32 Å². The molecule has 18 heavy (non-hydrogen) atoms. The van der Waals surface area contributed by atoms with Crippen molar-refractivity contribution >= 4 is 12.4 Å². The minimum Gasteiger partial charge on any atom is -0.310 e. The van der Waals surface area contributed by atoms with Gasteiger partial charge in [-0.05, 0) is 47.2 Å². The number of nitrogens with one attached hydrogen (secondary N) is 1. The molecule has 0 radical (unpaired) electrons. The van der Waals surface area contributed by atoms with Gasteiger partial charge in [-0.1, -0.05) is 42.5 Å². The molecule has 2 heteroatoms. The molecule has 1 saturated heterocycles. The Morgan fingerprint density at radius 1 is 0.944 bits per heavy atom. The van der Waals surface area contributed by atoms with Gasteiger partial charge in [-0.15, -0.1) is 12.4 Å². The Bertz CT molecular complexity index is 587. The number of benzene rings is 2. The van der Waals surface area contributed by atoms with E-state index in [0.717, 1.165) is 6.42 Å². The molecule has 4 rings (SSSR count). The third kappa shape index (κ3) is 1.66. The van der Waals surface area contributed by atoms with Gasteiger partial charge in [-0.2, -0.15) is 0 Å². The second-order valence-corrected chi connectivity index (χ2v) is 5.05. The molecule has 1 fully saturated rings. The zero-order valence-electron chi connectivity index (χ0n) is 10.1. The molecule has 0 saturated carbocycles. The third-order valence-electron chi connectivity index (χ3n) is 4.04. The van der Waals surface area contributed by atoms with Gasteiger partial charge in [0.1, 0.15) is 0 Å². The van der Waals surface area contributed by atoms with Crippen LogP contribution in [0.3, 0.4) is 0 Å². The Morgan fingerprint density at radius 3 is 2.50 bits per heavy atom. The van der Waals surface area contributed by atoms with Crippen molar-refractivity contribution in [1.29, 1.82) is 0 Å². The van der Waals surface area contributed by atoms with Crippen LogP contribution in [-0.4, -0.2) is 6.54 Å². The molecule has 0 spiro atoms. The van der Waals surface area contributed by atoms with Gasteiger partial charge in [0.05, 0.1) is 0 Å². The van der Waals surface area contributed by atoms with Crippen LogP contribution in [0, 0.1) is 0 Å². The Balaban J connectivity index is 0.000001000. The van der Waals surface area contributed by atoms with Crippen molar-refractivity contribution in [2.75, 3.05) is 6.54 Å². The summed E-state index contributed by atoms with van der Waals surface area (Å²) in [6.07, 6.45) is 2.39. The first-order chi connectivity index (χ1) is 8.42. The normalized spacial score (nSPS) is 19.4. The number of hydrogen-bond acceptors (Lipinski definition) is 1. The van der Waals surface area contributed by atoms with Crippen molar-refractivity contribution in [2.45, 2.75) is 18.9 Å². The quantitative estimate of drug-likeness (QED) is 0.701. The molecule has 1 heterocycles. The summed E-state index contributed by atoms with van der Waals surface area (Å²) in [6.45, 7) is 1.17. The molecule has 2 aromatic rings. The van der Waals surface area contributed by atoms with E-state index in [-0.39, 0.29) is 12.4 Å². The Morgan fingerprint density at radius 2 is 1.72 bits per heavy atom. The molecule has 1 nitrogen and oxygen atoms in total. The molecule has 1 atom stereocenters. The zero-order chi connectivity index (χ0) is 11.2. The maximum atomic E-state index is 3.47. The Hall–Kier alpha value is -1.31. The van der Waals surface area contributed by atoms with E-state index in [2.05, 4.69) is 47.8 Å². The fourth-order valence-corrected chi connectivity index (χ4v) is 2.95. The van der Waals surface area contributed by atoms with Gasteiger partial charge in [0.15, 0.2) is 0 Å². The Kier molecular flexibility index (Phi) is 2.89. The molecular formula is C16H16ClN. The highest BCUT2D eigenvalue weighted by Gasteiger charge is 2.22. The fraction of sp³-hybridized carbons (Fsp3) is 0.250. The van der Waals surface area contributed by atoms with Crippen LogP contribution in [0.15, 0.2) is 42.5 Å². The van der Waals surface area contributed by atoms with Crippen LogP contribution in [0.1, 0.15) is 29.2 Å². The highest BCUT2D eigenvalue weighted by molar-refractivity contribution is 5.85. The molecular weight excluding hydrogens is 242 g/mol. The van der Waals surface area contributed by atoms with E-state index in [9.17, 15) is 0 Å². The van der Waals surface area contributed by atoms with Gasteiger partial charge in [0, 0.05) is 6.04 Å². The van der Waals surface area contributed by atoms with Crippen LogP contribution in [0.25, 0.3) is 11.1 Å². The van der Waals surface area contributed by atoms with Crippen LogP contribution in [0.2, 0.25) is 0 Å². The van der Waals surface area contributed by atoms with Crippen LogP contribution in [0.4, 0.5) is 0 Å².